The molecular weight excluding hydrogens is 669 g/mol. The summed E-state index contributed by atoms with van der Waals surface area (Å²) in [5, 5.41) is 7.76. The van der Waals surface area contributed by atoms with Crippen molar-refractivity contribution in [3.05, 3.63) is 206 Å². The molecule has 0 aliphatic heterocycles. The van der Waals surface area contributed by atoms with Gasteiger partial charge in [0.25, 0.3) is 0 Å². The van der Waals surface area contributed by atoms with Crippen molar-refractivity contribution in [2.24, 2.45) is 0 Å². The SMILES string of the molecule is c1ccc(-c2nc(-c3ccccc3)c(-c3cccc(-c4c(-c5ccccc5)nn5c(-c6ccccc6)cc6ccccc6c45)c3)c(-c3ccccc3)n2)cc1. The van der Waals surface area contributed by atoms with Gasteiger partial charge < -0.3 is 0 Å². The molecule has 0 saturated carbocycles. The van der Waals surface area contributed by atoms with Gasteiger partial charge in [0.15, 0.2) is 5.82 Å². The van der Waals surface area contributed by atoms with Crippen LogP contribution < -0.4 is 0 Å². The second-order valence-electron chi connectivity index (χ2n) is 13.6. The van der Waals surface area contributed by atoms with Crippen molar-refractivity contribution in [2.45, 2.75) is 0 Å². The van der Waals surface area contributed by atoms with E-state index in [-0.39, 0.29) is 0 Å². The predicted molar refractivity (Wildman–Crippen MR) is 226 cm³/mol. The molecule has 10 rings (SSSR count). The summed E-state index contributed by atoms with van der Waals surface area (Å²) in [7, 11) is 0. The van der Waals surface area contributed by atoms with Gasteiger partial charge in [0.2, 0.25) is 0 Å². The van der Waals surface area contributed by atoms with Gasteiger partial charge in [-0.1, -0.05) is 194 Å². The Labute approximate surface area is 319 Å². The highest BCUT2D eigenvalue weighted by Crippen LogP contribution is 2.44. The Hall–Kier alpha value is -7.43. The predicted octanol–water partition coefficient (Wildman–Crippen LogP) is 12.9. The average molecular weight is 703 g/mol. The largest absolute Gasteiger partial charge is 0.231 e. The van der Waals surface area contributed by atoms with Crippen LogP contribution >= 0.6 is 0 Å². The monoisotopic (exact) mass is 702 g/mol. The molecule has 0 fully saturated rings. The number of benzene rings is 7. The third-order valence-corrected chi connectivity index (χ3v) is 10.2. The first-order chi connectivity index (χ1) is 27.3. The highest BCUT2D eigenvalue weighted by Gasteiger charge is 2.24. The number of aromatic nitrogens is 4. The fourth-order valence-corrected chi connectivity index (χ4v) is 7.66. The van der Waals surface area contributed by atoms with Gasteiger partial charge in [-0.25, -0.2) is 14.5 Å². The van der Waals surface area contributed by atoms with E-state index >= 15 is 0 Å². The quantitative estimate of drug-likeness (QED) is 0.166. The highest BCUT2D eigenvalue weighted by atomic mass is 15.2. The van der Waals surface area contributed by atoms with Crippen molar-refractivity contribution in [1.29, 1.82) is 0 Å². The van der Waals surface area contributed by atoms with Crippen LogP contribution in [-0.4, -0.2) is 19.6 Å². The van der Waals surface area contributed by atoms with Gasteiger partial charge in [-0.15, -0.1) is 0 Å². The molecule has 3 aromatic heterocycles. The smallest absolute Gasteiger partial charge is 0.160 e. The van der Waals surface area contributed by atoms with Gasteiger partial charge in [0.1, 0.15) is 5.69 Å². The van der Waals surface area contributed by atoms with E-state index in [1.165, 1.54) is 0 Å². The van der Waals surface area contributed by atoms with E-state index in [0.717, 1.165) is 89.1 Å². The molecule has 7 aromatic carbocycles. The van der Waals surface area contributed by atoms with E-state index in [0.29, 0.717) is 5.82 Å². The number of hydrogen-bond donors (Lipinski definition) is 0. The van der Waals surface area contributed by atoms with Crippen LogP contribution in [0.4, 0.5) is 0 Å². The maximum absolute atomic E-state index is 5.46. The first-order valence-electron chi connectivity index (χ1n) is 18.5. The van der Waals surface area contributed by atoms with Crippen LogP contribution in [0.2, 0.25) is 0 Å². The van der Waals surface area contributed by atoms with Crippen LogP contribution in [0.1, 0.15) is 0 Å². The molecule has 0 N–H and O–H groups in total. The van der Waals surface area contributed by atoms with Gasteiger partial charge in [-0.2, -0.15) is 5.10 Å². The van der Waals surface area contributed by atoms with Crippen molar-refractivity contribution < 1.29 is 0 Å². The Balaban J connectivity index is 1.29. The lowest BCUT2D eigenvalue weighted by Crippen LogP contribution is -2.01. The summed E-state index contributed by atoms with van der Waals surface area (Å²) < 4.78 is 2.14. The minimum absolute atomic E-state index is 0.687. The molecule has 4 heteroatoms. The summed E-state index contributed by atoms with van der Waals surface area (Å²) in [5.74, 6) is 0.687. The molecule has 55 heavy (non-hydrogen) atoms. The van der Waals surface area contributed by atoms with Gasteiger partial charge in [0, 0.05) is 44.3 Å². The molecule has 10 aromatic rings. The number of pyridine rings is 1. The second kappa shape index (κ2) is 13.8. The zero-order valence-electron chi connectivity index (χ0n) is 29.9. The maximum atomic E-state index is 5.46. The topological polar surface area (TPSA) is 43.1 Å². The fourth-order valence-electron chi connectivity index (χ4n) is 7.66. The molecule has 0 saturated heterocycles. The van der Waals surface area contributed by atoms with E-state index < -0.39 is 0 Å². The minimum Gasteiger partial charge on any atom is -0.231 e. The van der Waals surface area contributed by atoms with Crippen molar-refractivity contribution in [3.8, 4) is 78.7 Å². The molecule has 0 atom stereocenters. The van der Waals surface area contributed by atoms with E-state index in [9.17, 15) is 0 Å². The summed E-state index contributed by atoms with van der Waals surface area (Å²) in [6.07, 6.45) is 0. The molecule has 258 valence electrons. The number of hydrogen-bond acceptors (Lipinski definition) is 3. The Morgan fingerprint density at radius 1 is 0.327 bits per heavy atom. The second-order valence-corrected chi connectivity index (χ2v) is 13.6. The van der Waals surface area contributed by atoms with Gasteiger partial charge >= 0.3 is 0 Å². The number of rotatable bonds is 7. The number of fused-ring (bicyclic) bond motifs is 3. The van der Waals surface area contributed by atoms with Crippen molar-refractivity contribution in [3.63, 3.8) is 0 Å². The van der Waals surface area contributed by atoms with Crippen LogP contribution in [0, 0.1) is 0 Å². The summed E-state index contributed by atoms with van der Waals surface area (Å²) in [6.45, 7) is 0. The zero-order chi connectivity index (χ0) is 36.6. The summed E-state index contributed by atoms with van der Waals surface area (Å²) in [6, 6.07) is 71.9. The Morgan fingerprint density at radius 2 is 0.764 bits per heavy atom. The molecule has 0 amide bonds. The van der Waals surface area contributed by atoms with Gasteiger partial charge in [-0.05, 0) is 28.6 Å². The highest BCUT2D eigenvalue weighted by molar-refractivity contribution is 6.09. The summed E-state index contributed by atoms with van der Waals surface area (Å²) >= 11 is 0. The lowest BCUT2D eigenvalue weighted by Gasteiger charge is -2.18. The molecule has 0 unspecified atom stereocenters. The van der Waals surface area contributed by atoms with E-state index in [1.807, 2.05) is 30.3 Å². The van der Waals surface area contributed by atoms with Crippen molar-refractivity contribution >= 4 is 16.3 Å². The minimum atomic E-state index is 0.687. The molecule has 0 aliphatic carbocycles. The Bertz CT molecular complexity index is 2880. The van der Waals surface area contributed by atoms with E-state index in [4.69, 9.17) is 15.1 Å². The normalized spacial score (nSPS) is 11.3. The van der Waals surface area contributed by atoms with E-state index in [2.05, 4.69) is 180 Å². The lowest BCUT2D eigenvalue weighted by molar-refractivity contribution is 0.979. The zero-order valence-corrected chi connectivity index (χ0v) is 29.9. The van der Waals surface area contributed by atoms with E-state index in [1.54, 1.807) is 0 Å². The van der Waals surface area contributed by atoms with Gasteiger partial charge in [0.05, 0.1) is 22.6 Å². The van der Waals surface area contributed by atoms with Crippen molar-refractivity contribution in [1.82, 2.24) is 19.6 Å². The maximum Gasteiger partial charge on any atom is 0.160 e. The Kier molecular flexibility index (Phi) is 8.12. The molecule has 0 radical (unpaired) electrons. The van der Waals surface area contributed by atoms with Crippen LogP contribution in [0.15, 0.2) is 206 Å². The molecule has 4 nitrogen and oxygen atoms in total. The summed E-state index contributed by atoms with van der Waals surface area (Å²) in [4.78, 5) is 10.7. The molecular formula is C51H34N4. The molecule has 0 spiro atoms. The Morgan fingerprint density at radius 3 is 1.33 bits per heavy atom. The van der Waals surface area contributed by atoms with Crippen LogP contribution in [-0.2, 0) is 0 Å². The third kappa shape index (κ3) is 5.87. The summed E-state index contributed by atoms with van der Waals surface area (Å²) in [5.41, 5.74) is 14.1. The first-order valence-corrected chi connectivity index (χ1v) is 18.5. The third-order valence-electron chi connectivity index (χ3n) is 10.2. The lowest BCUT2D eigenvalue weighted by atomic mass is 9.90. The van der Waals surface area contributed by atoms with Crippen LogP contribution in [0.5, 0.6) is 0 Å². The molecule has 0 aliphatic rings. The standard InChI is InChI=1S/C51H34N4/c1-6-19-35(20-7-1)44-34-40-29-16-17-32-43(40)50-46(49(54-55(44)50)38-25-12-4-13-26-38)42-31-18-30-41(33-42)45-47(36-21-8-2-9-22-36)52-51(39-27-14-5-15-28-39)53-48(45)37-23-10-3-11-24-37/h1-34H. The van der Waals surface area contributed by atoms with Crippen LogP contribution in [0.25, 0.3) is 95.0 Å². The van der Waals surface area contributed by atoms with Crippen LogP contribution in [0.3, 0.4) is 0 Å². The van der Waals surface area contributed by atoms with Crippen molar-refractivity contribution in [2.75, 3.05) is 0 Å². The first kappa shape index (κ1) is 32.2. The average Bonchev–Trinajstić information content (AvgIpc) is 3.68. The number of nitrogens with zero attached hydrogens (tertiary/aromatic N) is 4. The fraction of sp³-hybridized carbons (Fsp3) is 0. The molecule has 3 heterocycles. The van der Waals surface area contributed by atoms with Gasteiger partial charge in [-0.3, -0.25) is 0 Å². The molecule has 0 bridgehead atoms.